The van der Waals surface area contributed by atoms with Gasteiger partial charge in [0.1, 0.15) is 12.4 Å². The predicted molar refractivity (Wildman–Crippen MR) is 74.3 cm³/mol. The molecular weight excluding hydrogens is 262 g/mol. The highest BCUT2D eigenvalue weighted by molar-refractivity contribution is 5.96. The summed E-state index contributed by atoms with van der Waals surface area (Å²) in [6.07, 6.45) is 0. The Kier molecular flexibility index (Phi) is 5.10. The Morgan fingerprint density at radius 2 is 1.95 bits per heavy atom. The Morgan fingerprint density at radius 3 is 2.45 bits per heavy atom. The molecule has 0 fully saturated rings. The summed E-state index contributed by atoms with van der Waals surface area (Å²) < 4.78 is 10.4. The number of anilines is 1. The zero-order valence-electron chi connectivity index (χ0n) is 12.0. The molecule has 0 saturated heterocycles. The molecule has 0 unspecified atom stereocenters. The van der Waals surface area contributed by atoms with Crippen molar-refractivity contribution in [3.05, 3.63) is 23.8 Å². The molecule has 0 bridgehead atoms. The van der Waals surface area contributed by atoms with Gasteiger partial charge in [-0.1, -0.05) is 0 Å². The Bertz CT molecular complexity index is 505. The van der Waals surface area contributed by atoms with Crippen LogP contribution >= 0.6 is 0 Å². The number of amides is 1. The molecule has 0 aliphatic carbocycles. The zero-order chi connectivity index (χ0) is 15.3. The molecule has 0 aliphatic heterocycles. The molecule has 2 N–H and O–H groups in total. The van der Waals surface area contributed by atoms with E-state index in [1.54, 1.807) is 0 Å². The lowest BCUT2D eigenvalue weighted by molar-refractivity contribution is -0.125. The van der Waals surface area contributed by atoms with E-state index < -0.39 is 11.6 Å². The van der Waals surface area contributed by atoms with Crippen LogP contribution in [0.3, 0.4) is 0 Å². The summed E-state index contributed by atoms with van der Waals surface area (Å²) in [6.45, 7) is 5.40. The molecule has 0 aliphatic rings. The van der Waals surface area contributed by atoms with Gasteiger partial charge >= 0.3 is 5.97 Å². The average Bonchev–Trinajstić information content (AvgIpc) is 2.35. The molecule has 0 aromatic heterocycles. The fraction of sp³-hybridized carbons (Fsp3) is 0.429. The number of carbonyl (C=O) groups is 2. The number of hydrogen-bond donors (Lipinski definition) is 2. The average molecular weight is 281 g/mol. The molecule has 20 heavy (non-hydrogen) atoms. The first-order valence-electron chi connectivity index (χ1n) is 6.08. The number of benzene rings is 1. The summed E-state index contributed by atoms with van der Waals surface area (Å²) in [6, 6.07) is 4.24. The summed E-state index contributed by atoms with van der Waals surface area (Å²) in [5.74, 6) is -1.06. The Balaban J connectivity index is 2.82. The summed E-state index contributed by atoms with van der Waals surface area (Å²) in [7, 11) is 1.44. The van der Waals surface area contributed by atoms with Gasteiger partial charge in [-0.25, -0.2) is 4.79 Å². The SMILES string of the molecule is COc1ccc(C(=O)O)cc1NC(=O)COC(C)(C)C. The molecule has 6 nitrogen and oxygen atoms in total. The molecule has 0 radical (unpaired) electrons. The van der Waals surface area contributed by atoms with Crippen LogP contribution in [0.5, 0.6) is 5.75 Å². The van der Waals surface area contributed by atoms with E-state index >= 15 is 0 Å². The van der Waals surface area contributed by atoms with Gasteiger partial charge in [-0.3, -0.25) is 4.79 Å². The largest absolute Gasteiger partial charge is 0.495 e. The number of carbonyl (C=O) groups excluding carboxylic acids is 1. The van der Waals surface area contributed by atoms with E-state index in [4.69, 9.17) is 14.6 Å². The maximum absolute atomic E-state index is 11.8. The number of carboxylic acid groups (broad SMARTS) is 1. The van der Waals surface area contributed by atoms with Crippen LogP contribution in [-0.4, -0.2) is 36.3 Å². The van der Waals surface area contributed by atoms with Crippen molar-refractivity contribution in [2.45, 2.75) is 26.4 Å². The topological polar surface area (TPSA) is 84.9 Å². The smallest absolute Gasteiger partial charge is 0.335 e. The normalized spacial score (nSPS) is 11.0. The third-order valence-corrected chi connectivity index (χ3v) is 2.36. The molecule has 6 heteroatoms. The molecular formula is C14H19NO5. The Labute approximate surface area is 117 Å². The van der Waals surface area contributed by atoms with Gasteiger partial charge in [-0.2, -0.15) is 0 Å². The lowest BCUT2D eigenvalue weighted by Crippen LogP contribution is -2.27. The van der Waals surface area contributed by atoms with E-state index in [9.17, 15) is 9.59 Å². The quantitative estimate of drug-likeness (QED) is 0.863. The van der Waals surface area contributed by atoms with Gasteiger partial charge < -0.3 is 19.9 Å². The van der Waals surface area contributed by atoms with E-state index in [0.717, 1.165) is 0 Å². The number of hydrogen-bond acceptors (Lipinski definition) is 4. The van der Waals surface area contributed by atoms with Gasteiger partial charge in [0, 0.05) is 0 Å². The summed E-state index contributed by atoms with van der Waals surface area (Å²) >= 11 is 0. The second kappa shape index (κ2) is 6.38. The van der Waals surface area contributed by atoms with Crippen molar-refractivity contribution in [3.63, 3.8) is 0 Å². The molecule has 1 rings (SSSR count). The number of rotatable bonds is 5. The number of methoxy groups -OCH3 is 1. The molecule has 110 valence electrons. The highest BCUT2D eigenvalue weighted by Crippen LogP contribution is 2.25. The van der Waals surface area contributed by atoms with Crippen molar-refractivity contribution in [2.24, 2.45) is 0 Å². The number of carboxylic acids is 1. The highest BCUT2D eigenvalue weighted by Gasteiger charge is 2.15. The van der Waals surface area contributed by atoms with Gasteiger partial charge in [0.2, 0.25) is 5.91 Å². The molecule has 1 amide bonds. The molecule has 1 aromatic rings. The third kappa shape index (κ3) is 4.89. The zero-order valence-corrected chi connectivity index (χ0v) is 12.0. The van der Waals surface area contributed by atoms with Crippen LogP contribution in [0.2, 0.25) is 0 Å². The van der Waals surface area contributed by atoms with Gasteiger partial charge in [0.25, 0.3) is 0 Å². The first-order chi connectivity index (χ1) is 9.23. The predicted octanol–water partition coefficient (Wildman–Crippen LogP) is 2.15. The maximum Gasteiger partial charge on any atom is 0.335 e. The van der Waals surface area contributed by atoms with Crippen molar-refractivity contribution in [1.29, 1.82) is 0 Å². The van der Waals surface area contributed by atoms with Crippen LogP contribution in [0.4, 0.5) is 5.69 Å². The van der Waals surface area contributed by atoms with E-state index in [0.29, 0.717) is 11.4 Å². The van der Waals surface area contributed by atoms with Gasteiger partial charge in [0.05, 0.1) is 24.0 Å². The van der Waals surface area contributed by atoms with E-state index in [2.05, 4.69) is 5.32 Å². The fourth-order valence-corrected chi connectivity index (χ4v) is 1.41. The number of aromatic carboxylic acids is 1. The minimum Gasteiger partial charge on any atom is -0.495 e. The monoisotopic (exact) mass is 281 g/mol. The second-order valence-corrected chi connectivity index (χ2v) is 5.17. The van der Waals surface area contributed by atoms with Crippen LogP contribution < -0.4 is 10.1 Å². The van der Waals surface area contributed by atoms with E-state index in [-0.39, 0.29) is 18.1 Å². The lowest BCUT2D eigenvalue weighted by atomic mass is 10.2. The second-order valence-electron chi connectivity index (χ2n) is 5.17. The number of ether oxygens (including phenoxy) is 2. The Hall–Kier alpha value is -2.08. The first kappa shape index (κ1) is 16.0. The van der Waals surface area contributed by atoms with Crippen molar-refractivity contribution in [2.75, 3.05) is 19.0 Å². The van der Waals surface area contributed by atoms with Gasteiger partial charge in [-0.15, -0.1) is 0 Å². The lowest BCUT2D eigenvalue weighted by Gasteiger charge is -2.19. The van der Waals surface area contributed by atoms with Gasteiger partial charge in [-0.05, 0) is 39.0 Å². The highest BCUT2D eigenvalue weighted by atomic mass is 16.5. The third-order valence-electron chi connectivity index (χ3n) is 2.36. The maximum atomic E-state index is 11.8. The van der Waals surface area contributed by atoms with Crippen LogP contribution in [0.15, 0.2) is 18.2 Å². The van der Waals surface area contributed by atoms with Crippen molar-refractivity contribution < 1.29 is 24.2 Å². The van der Waals surface area contributed by atoms with E-state index in [1.807, 2.05) is 20.8 Å². The van der Waals surface area contributed by atoms with Crippen molar-refractivity contribution in [1.82, 2.24) is 0 Å². The van der Waals surface area contributed by atoms with Crippen molar-refractivity contribution >= 4 is 17.6 Å². The van der Waals surface area contributed by atoms with Gasteiger partial charge in [0.15, 0.2) is 0 Å². The van der Waals surface area contributed by atoms with Crippen molar-refractivity contribution in [3.8, 4) is 5.75 Å². The standard InChI is InChI=1S/C14H19NO5/c1-14(2,3)20-8-12(16)15-10-7-9(13(17)18)5-6-11(10)19-4/h5-7H,8H2,1-4H3,(H,15,16)(H,17,18). The summed E-state index contributed by atoms with van der Waals surface area (Å²) in [5, 5.41) is 11.5. The van der Waals surface area contributed by atoms with E-state index in [1.165, 1.54) is 25.3 Å². The summed E-state index contributed by atoms with van der Waals surface area (Å²) in [4.78, 5) is 22.7. The fourth-order valence-electron chi connectivity index (χ4n) is 1.41. The summed E-state index contributed by atoms with van der Waals surface area (Å²) in [5.41, 5.74) is -0.0580. The molecule has 0 spiro atoms. The molecule has 0 atom stereocenters. The first-order valence-corrected chi connectivity index (χ1v) is 6.08. The number of nitrogens with one attached hydrogen (secondary N) is 1. The Morgan fingerprint density at radius 1 is 1.30 bits per heavy atom. The minimum absolute atomic E-state index is 0.0674. The van der Waals surface area contributed by atoms with Crippen LogP contribution in [0.1, 0.15) is 31.1 Å². The minimum atomic E-state index is -1.07. The van der Waals surface area contributed by atoms with Crippen LogP contribution in [0, 0.1) is 0 Å². The molecule has 0 heterocycles. The molecule has 1 aromatic carbocycles. The molecule has 0 saturated carbocycles. The van der Waals surface area contributed by atoms with Crippen LogP contribution in [-0.2, 0) is 9.53 Å². The van der Waals surface area contributed by atoms with Crippen LogP contribution in [0.25, 0.3) is 0 Å².